The number of fused-ring (bicyclic) bond motifs is 1. The highest BCUT2D eigenvalue weighted by atomic mass is 19.1. The first-order valence-corrected chi connectivity index (χ1v) is 9.38. The van der Waals surface area contributed by atoms with E-state index in [2.05, 4.69) is 16.3 Å². The molecule has 0 aliphatic carbocycles. The lowest BCUT2D eigenvalue weighted by Gasteiger charge is -2.17. The second-order valence-electron chi connectivity index (χ2n) is 7.13. The molecule has 1 fully saturated rings. The van der Waals surface area contributed by atoms with Crippen molar-refractivity contribution in [1.29, 1.82) is 0 Å². The van der Waals surface area contributed by atoms with Crippen LogP contribution in [0, 0.1) is 12.7 Å². The first kappa shape index (κ1) is 17.7. The summed E-state index contributed by atoms with van der Waals surface area (Å²) < 4.78 is 19.1. The van der Waals surface area contributed by atoms with Gasteiger partial charge in [0.2, 0.25) is 0 Å². The molecule has 2 heterocycles. The average molecular weight is 366 g/mol. The van der Waals surface area contributed by atoms with Crippen LogP contribution in [0.3, 0.4) is 0 Å². The minimum Gasteiger partial charge on any atom is -0.451 e. The van der Waals surface area contributed by atoms with Gasteiger partial charge in [-0.25, -0.2) is 4.39 Å². The molecule has 0 unspecified atom stereocenters. The van der Waals surface area contributed by atoms with E-state index in [-0.39, 0.29) is 17.5 Å². The maximum Gasteiger partial charge on any atom is 0.287 e. The van der Waals surface area contributed by atoms with Crippen LogP contribution in [0.25, 0.3) is 11.0 Å². The molecule has 0 saturated carbocycles. The van der Waals surface area contributed by atoms with Crippen molar-refractivity contribution in [3.8, 4) is 0 Å². The number of hydrogen-bond donors (Lipinski definition) is 1. The van der Waals surface area contributed by atoms with E-state index in [0.717, 1.165) is 25.2 Å². The van der Waals surface area contributed by atoms with Gasteiger partial charge in [-0.2, -0.15) is 0 Å². The smallest absolute Gasteiger partial charge is 0.287 e. The number of halogens is 1. The topological polar surface area (TPSA) is 45.5 Å². The van der Waals surface area contributed by atoms with Gasteiger partial charge in [0.05, 0.1) is 0 Å². The summed E-state index contributed by atoms with van der Waals surface area (Å²) in [6.07, 6.45) is 2.51. The molecule has 0 atom stereocenters. The minimum absolute atomic E-state index is 0.243. The van der Waals surface area contributed by atoms with Gasteiger partial charge in [0.25, 0.3) is 5.91 Å². The molecule has 4 rings (SSSR count). The lowest BCUT2D eigenvalue weighted by Crippen LogP contribution is -2.25. The SMILES string of the molecule is Cc1c(C(=O)NCc2ccccc2CN2CCCC2)oc2ccc(F)cc12. The Morgan fingerprint density at radius 1 is 1.15 bits per heavy atom. The molecular weight excluding hydrogens is 343 g/mol. The van der Waals surface area contributed by atoms with E-state index in [1.807, 2.05) is 18.2 Å². The molecule has 1 aromatic heterocycles. The van der Waals surface area contributed by atoms with Gasteiger partial charge in [0, 0.05) is 24.0 Å². The molecule has 1 amide bonds. The molecule has 3 aromatic rings. The Balaban J connectivity index is 1.49. The number of carbonyl (C=O) groups is 1. The summed E-state index contributed by atoms with van der Waals surface area (Å²) >= 11 is 0. The second-order valence-corrected chi connectivity index (χ2v) is 7.13. The monoisotopic (exact) mass is 366 g/mol. The van der Waals surface area contributed by atoms with E-state index in [1.165, 1.54) is 30.5 Å². The molecule has 0 radical (unpaired) electrons. The standard InChI is InChI=1S/C22H23FN2O2/c1-15-19-12-18(23)8-9-20(19)27-21(15)22(26)24-13-16-6-2-3-7-17(16)14-25-10-4-5-11-25/h2-3,6-9,12H,4-5,10-11,13-14H2,1H3,(H,24,26). The van der Waals surface area contributed by atoms with Gasteiger partial charge in [0.1, 0.15) is 11.4 Å². The van der Waals surface area contributed by atoms with Crippen molar-refractivity contribution in [2.45, 2.75) is 32.9 Å². The predicted octanol–water partition coefficient (Wildman–Crippen LogP) is 4.41. The fourth-order valence-electron chi connectivity index (χ4n) is 3.73. The van der Waals surface area contributed by atoms with Crippen LogP contribution >= 0.6 is 0 Å². The largest absolute Gasteiger partial charge is 0.451 e. The van der Waals surface area contributed by atoms with Gasteiger partial charge in [-0.05, 0) is 62.2 Å². The Kier molecular flexibility index (Phi) is 4.94. The molecule has 1 aliphatic rings. The first-order valence-electron chi connectivity index (χ1n) is 9.38. The molecule has 0 spiro atoms. The number of likely N-dealkylation sites (tertiary alicyclic amines) is 1. The van der Waals surface area contributed by atoms with Crippen molar-refractivity contribution < 1.29 is 13.6 Å². The van der Waals surface area contributed by atoms with Gasteiger partial charge >= 0.3 is 0 Å². The highest BCUT2D eigenvalue weighted by molar-refractivity contribution is 5.98. The average Bonchev–Trinajstić information content (AvgIpc) is 3.29. The third kappa shape index (κ3) is 3.74. The minimum atomic E-state index is -0.339. The number of nitrogens with one attached hydrogen (secondary N) is 1. The van der Waals surface area contributed by atoms with Crippen LogP contribution < -0.4 is 5.32 Å². The number of rotatable bonds is 5. The Bertz CT molecular complexity index is 974. The summed E-state index contributed by atoms with van der Waals surface area (Å²) in [7, 11) is 0. The fourth-order valence-corrected chi connectivity index (χ4v) is 3.73. The summed E-state index contributed by atoms with van der Waals surface area (Å²) in [4.78, 5) is 15.1. The van der Waals surface area contributed by atoms with E-state index in [9.17, 15) is 9.18 Å². The van der Waals surface area contributed by atoms with E-state index in [4.69, 9.17) is 4.42 Å². The van der Waals surface area contributed by atoms with E-state index < -0.39 is 0 Å². The molecule has 1 saturated heterocycles. The van der Waals surface area contributed by atoms with Gasteiger partial charge in [-0.3, -0.25) is 9.69 Å². The summed E-state index contributed by atoms with van der Waals surface area (Å²) in [5, 5.41) is 3.59. The van der Waals surface area contributed by atoms with Crippen LogP contribution in [-0.2, 0) is 13.1 Å². The van der Waals surface area contributed by atoms with Crippen molar-refractivity contribution in [3.63, 3.8) is 0 Å². The van der Waals surface area contributed by atoms with Gasteiger partial charge in [0.15, 0.2) is 5.76 Å². The van der Waals surface area contributed by atoms with Crippen LogP contribution in [0.15, 0.2) is 46.9 Å². The van der Waals surface area contributed by atoms with Crippen LogP contribution in [0.4, 0.5) is 4.39 Å². The number of aryl methyl sites for hydroxylation is 1. The highest BCUT2D eigenvalue weighted by Gasteiger charge is 2.19. The van der Waals surface area contributed by atoms with E-state index in [1.54, 1.807) is 13.0 Å². The van der Waals surface area contributed by atoms with Gasteiger partial charge < -0.3 is 9.73 Å². The van der Waals surface area contributed by atoms with Crippen LogP contribution in [0.1, 0.15) is 40.1 Å². The Labute approximate surface area is 158 Å². The number of benzene rings is 2. The van der Waals surface area contributed by atoms with E-state index >= 15 is 0 Å². The van der Waals surface area contributed by atoms with Crippen LogP contribution in [0.2, 0.25) is 0 Å². The molecule has 4 nitrogen and oxygen atoms in total. The summed E-state index contributed by atoms with van der Waals surface area (Å²) in [6, 6.07) is 12.5. The number of nitrogens with zero attached hydrogens (tertiary/aromatic N) is 1. The highest BCUT2D eigenvalue weighted by Crippen LogP contribution is 2.26. The van der Waals surface area contributed by atoms with Crippen LogP contribution in [-0.4, -0.2) is 23.9 Å². The lowest BCUT2D eigenvalue weighted by atomic mass is 10.1. The lowest BCUT2D eigenvalue weighted by molar-refractivity contribution is 0.0924. The Morgan fingerprint density at radius 2 is 1.89 bits per heavy atom. The Hall–Kier alpha value is -2.66. The summed E-state index contributed by atoms with van der Waals surface area (Å²) in [6.45, 7) is 5.40. The number of furan rings is 1. The van der Waals surface area contributed by atoms with Crippen LogP contribution in [0.5, 0.6) is 0 Å². The number of carbonyl (C=O) groups excluding carboxylic acids is 1. The molecule has 0 bridgehead atoms. The quantitative estimate of drug-likeness (QED) is 0.728. The van der Waals surface area contributed by atoms with Crippen molar-refractivity contribution in [1.82, 2.24) is 10.2 Å². The molecule has 5 heteroatoms. The number of hydrogen-bond acceptors (Lipinski definition) is 3. The van der Waals surface area contributed by atoms with Crippen molar-refractivity contribution in [2.75, 3.05) is 13.1 Å². The Morgan fingerprint density at radius 3 is 2.67 bits per heavy atom. The molecule has 140 valence electrons. The van der Waals surface area contributed by atoms with Crippen molar-refractivity contribution >= 4 is 16.9 Å². The maximum absolute atomic E-state index is 13.5. The third-order valence-corrected chi connectivity index (χ3v) is 5.25. The molecule has 1 N–H and O–H groups in total. The third-order valence-electron chi connectivity index (χ3n) is 5.25. The van der Waals surface area contributed by atoms with Gasteiger partial charge in [-0.1, -0.05) is 24.3 Å². The first-order chi connectivity index (χ1) is 13.1. The number of amides is 1. The summed E-state index contributed by atoms with van der Waals surface area (Å²) in [5.41, 5.74) is 3.53. The summed E-state index contributed by atoms with van der Waals surface area (Å²) in [5.74, 6) is -0.373. The van der Waals surface area contributed by atoms with Crippen molar-refractivity contribution in [3.05, 3.63) is 70.7 Å². The second kappa shape index (κ2) is 7.53. The zero-order valence-corrected chi connectivity index (χ0v) is 15.4. The van der Waals surface area contributed by atoms with Crippen molar-refractivity contribution in [2.24, 2.45) is 0 Å². The predicted molar refractivity (Wildman–Crippen MR) is 103 cm³/mol. The maximum atomic E-state index is 13.5. The molecule has 1 aliphatic heterocycles. The van der Waals surface area contributed by atoms with E-state index in [0.29, 0.717) is 23.1 Å². The molecular formula is C22H23FN2O2. The fraction of sp³-hybridized carbons (Fsp3) is 0.318. The molecule has 2 aromatic carbocycles. The van der Waals surface area contributed by atoms with Gasteiger partial charge in [-0.15, -0.1) is 0 Å². The zero-order chi connectivity index (χ0) is 18.8. The zero-order valence-electron chi connectivity index (χ0n) is 15.4. The normalized spacial score (nSPS) is 14.7. The molecule has 27 heavy (non-hydrogen) atoms.